The maximum atomic E-state index is 12.2. The van der Waals surface area contributed by atoms with Crippen LogP contribution < -0.4 is 0 Å². The number of Topliss-reactive ketones (excluding diaryl/α,β-unsaturated/α-hetero) is 1. The molecule has 0 aromatic carbocycles. The summed E-state index contributed by atoms with van der Waals surface area (Å²) in [5, 5.41) is 9.52. The van der Waals surface area contributed by atoms with E-state index in [4.69, 9.17) is 4.74 Å². The van der Waals surface area contributed by atoms with Crippen LogP contribution >= 0.6 is 0 Å². The molecule has 2 unspecified atom stereocenters. The fourth-order valence-electron chi connectivity index (χ4n) is 2.20. The van der Waals surface area contributed by atoms with Crippen molar-refractivity contribution in [1.29, 1.82) is 0 Å². The van der Waals surface area contributed by atoms with E-state index in [0.29, 0.717) is 13.0 Å². The zero-order chi connectivity index (χ0) is 14.6. The second-order valence-electron chi connectivity index (χ2n) is 6.20. The first-order chi connectivity index (χ1) is 8.70. The van der Waals surface area contributed by atoms with Crippen molar-refractivity contribution in [2.45, 2.75) is 71.1 Å². The van der Waals surface area contributed by atoms with Gasteiger partial charge in [0.1, 0.15) is 5.60 Å². The number of rotatable bonds is 2. The van der Waals surface area contributed by atoms with Crippen molar-refractivity contribution in [3.63, 3.8) is 0 Å². The van der Waals surface area contributed by atoms with Crippen LogP contribution in [0, 0.1) is 0 Å². The zero-order valence-corrected chi connectivity index (χ0v) is 12.3. The Kier molecular flexibility index (Phi) is 5.35. The largest absolute Gasteiger partial charge is 0.444 e. The van der Waals surface area contributed by atoms with Gasteiger partial charge in [-0.3, -0.25) is 9.69 Å². The first-order valence-electron chi connectivity index (χ1n) is 6.91. The van der Waals surface area contributed by atoms with Crippen LogP contribution in [0.2, 0.25) is 0 Å². The van der Waals surface area contributed by atoms with Gasteiger partial charge in [-0.15, -0.1) is 0 Å². The molecule has 0 saturated carbocycles. The molecule has 1 fully saturated rings. The molecular formula is C14H25NO4. The molecule has 1 N–H and O–H groups in total. The van der Waals surface area contributed by atoms with Gasteiger partial charge < -0.3 is 9.84 Å². The topological polar surface area (TPSA) is 66.8 Å². The molecule has 5 heteroatoms. The van der Waals surface area contributed by atoms with E-state index in [1.165, 1.54) is 4.90 Å². The Morgan fingerprint density at radius 2 is 2.11 bits per heavy atom. The fourth-order valence-corrected chi connectivity index (χ4v) is 2.20. The number of ketones is 1. The molecule has 0 spiro atoms. The Morgan fingerprint density at radius 1 is 1.47 bits per heavy atom. The van der Waals surface area contributed by atoms with Crippen molar-refractivity contribution in [2.24, 2.45) is 0 Å². The molecule has 1 aliphatic rings. The lowest BCUT2D eigenvalue weighted by Gasteiger charge is -2.32. The minimum Gasteiger partial charge on any atom is -0.444 e. The third-order valence-electron chi connectivity index (χ3n) is 3.01. The van der Waals surface area contributed by atoms with Crippen molar-refractivity contribution in [3.8, 4) is 0 Å². The van der Waals surface area contributed by atoms with E-state index in [0.717, 1.165) is 12.8 Å². The van der Waals surface area contributed by atoms with E-state index in [-0.39, 0.29) is 12.2 Å². The Balaban J connectivity index is 2.84. The van der Waals surface area contributed by atoms with Crippen molar-refractivity contribution < 1.29 is 19.4 Å². The lowest BCUT2D eigenvalue weighted by molar-refractivity contribution is -0.124. The average molecular weight is 271 g/mol. The average Bonchev–Trinajstić information content (AvgIpc) is 2.39. The zero-order valence-electron chi connectivity index (χ0n) is 12.3. The summed E-state index contributed by atoms with van der Waals surface area (Å²) < 4.78 is 5.35. The van der Waals surface area contributed by atoms with Gasteiger partial charge in [0, 0.05) is 19.4 Å². The van der Waals surface area contributed by atoms with Gasteiger partial charge in [0.05, 0.1) is 12.1 Å². The number of hydrogen-bond donors (Lipinski definition) is 1. The summed E-state index contributed by atoms with van der Waals surface area (Å²) in [6.45, 7) is 7.54. The number of aliphatic hydroxyl groups excluding tert-OH is 1. The summed E-state index contributed by atoms with van der Waals surface area (Å²) in [6, 6.07) is -0.558. The van der Waals surface area contributed by atoms with Crippen molar-refractivity contribution in [1.82, 2.24) is 4.90 Å². The molecule has 2 atom stereocenters. The lowest BCUT2D eigenvalue weighted by atomic mass is 10.0. The standard InChI is InChI=1S/C14H25NO4/c1-10(16)9-11-12(17)7-5-6-8-15(11)13(18)19-14(2,3)4/h10-11,16H,5-9H2,1-4H3. The second kappa shape index (κ2) is 6.37. The maximum Gasteiger partial charge on any atom is 0.410 e. The molecule has 5 nitrogen and oxygen atoms in total. The van der Waals surface area contributed by atoms with Gasteiger partial charge >= 0.3 is 6.09 Å². The predicted molar refractivity (Wildman–Crippen MR) is 71.9 cm³/mol. The number of hydrogen-bond acceptors (Lipinski definition) is 4. The SMILES string of the molecule is CC(O)CC1C(=O)CCCCN1C(=O)OC(C)(C)C. The molecule has 0 aromatic rings. The minimum atomic E-state index is -0.614. The molecule has 1 saturated heterocycles. The normalized spacial score (nSPS) is 22.9. The van der Waals surface area contributed by atoms with E-state index < -0.39 is 23.8 Å². The third kappa shape index (κ3) is 5.19. The number of carbonyl (C=O) groups excluding carboxylic acids is 2. The Bertz CT molecular complexity index is 333. The number of nitrogens with zero attached hydrogens (tertiary/aromatic N) is 1. The highest BCUT2D eigenvalue weighted by Gasteiger charge is 2.34. The smallest absolute Gasteiger partial charge is 0.410 e. The summed E-state index contributed by atoms with van der Waals surface area (Å²) in [5.41, 5.74) is -0.582. The highest BCUT2D eigenvalue weighted by Crippen LogP contribution is 2.21. The summed E-state index contributed by atoms with van der Waals surface area (Å²) in [5.74, 6) is 0.0178. The van der Waals surface area contributed by atoms with Crippen molar-refractivity contribution >= 4 is 11.9 Å². The number of ether oxygens (including phenoxy) is 1. The van der Waals surface area contributed by atoms with Crippen LogP contribution in [0.5, 0.6) is 0 Å². The first-order valence-corrected chi connectivity index (χ1v) is 6.91. The van der Waals surface area contributed by atoms with Crippen LogP contribution in [0.25, 0.3) is 0 Å². The summed E-state index contributed by atoms with van der Waals surface area (Å²) >= 11 is 0. The number of carbonyl (C=O) groups is 2. The molecule has 1 amide bonds. The van der Waals surface area contributed by atoms with E-state index >= 15 is 0 Å². The van der Waals surface area contributed by atoms with E-state index in [1.807, 2.05) is 0 Å². The molecule has 0 radical (unpaired) electrons. The third-order valence-corrected chi connectivity index (χ3v) is 3.01. The van der Waals surface area contributed by atoms with Gasteiger partial charge in [-0.2, -0.15) is 0 Å². The fraction of sp³-hybridized carbons (Fsp3) is 0.857. The maximum absolute atomic E-state index is 12.2. The molecule has 19 heavy (non-hydrogen) atoms. The molecular weight excluding hydrogens is 246 g/mol. The number of likely N-dealkylation sites (tertiary alicyclic amines) is 1. The van der Waals surface area contributed by atoms with Gasteiger partial charge in [-0.25, -0.2) is 4.79 Å². The van der Waals surface area contributed by atoms with E-state index in [9.17, 15) is 14.7 Å². The second-order valence-corrected chi connectivity index (χ2v) is 6.20. The molecule has 0 aliphatic carbocycles. The molecule has 0 bridgehead atoms. The first kappa shape index (κ1) is 16.0. The van der Waals surface area contributed by atoms with Crippen LogP contribution in [0.15, 0.2) is 0 Å². The quantitative estimate of drug-likeness (QED) is 0.835. The summed E-state index contributed by atoms with van der Waals surface area (Å²) in [4.78, 5) is 25.7. The van der Waals surface area contributed by atoms with Crippen LogP contribution in [0.1, 0.15) is 53.4 Å². The van der Waals surface area contributed by atoms with E-state index in [2.05, 4.69) is 0 Å². The molecule has 0 aromatic heterocycles. The van der Waals surface area contributed by atoms with Crippen LogP contribution in [0.4, 0.5) is 4.79 Å². The molecule has 1 heterocycles. The van der Waals surface area contributed by atoms with Gasteiger partial charge in [-0.1, -0.05) is 0 Å². The lowest BCUT2D eigenvalue weighted by Crippen LogP contribution is -2.47. The Hall–Kier alpha value is -1.10. The van der Waals surface area contributed by atoms with Crippen LogP contribution in [0.3, 0.4) is 0 Å². The van der Waals surface area contributed by atoms with Gasteiger partial charge in [-0.05, 0) is 40.5 Å². The highest BCUT2D eigenvalue weighted by molar-refractivity contribution is 5.87. The van der Waals surface area contributed by atoms with Gasteiger partial charge in [0.2, 0.25) is 0 Å². The summed E-state index contributed by atoms with van der Waals surface area (Å²) in [7, 11) is 0. The highest BCUT2D eigenvalue weighted by atomic mass is 16.6. The molecule has 1 rings (SSSR count). The van der Waals surface area contributed by atoms with Crippen molar-refractivity contribution in [2.75, 3.05) is 6.54 Å². The monoisotopic (exact) mass is 271 g/mol. The molecule has 1 aliphatic heterocycles. The van der Waals surface area contributed by atoms with E-state index in [1.54, 1.807) is 27.7 Å². The number of amides is 1. The van der Waals surface area contributed by atoms with Gasteiger partial charge in [0.25, 0.3) is 0 Å². The Morgan fingerprint density at radius 3 is 2.63 bits per heavy atom. The number of aliphatic hydroxyl groups is 1. The molecule has 110 valence electrons. The summed E-state index contributed by atoms with van der Waals surface area (Å²) in [6.07, 6.45) is 1.25. The van der Waals surface area contributed by atoms with Crippen LogP contribution in [-0.4, -0.2) is 46.2 Å². The van der Waals surface area contributed by atoms with Crippen molar-refractivity contribution in [3.05, 3.63) is 0 Å². The van der Waals surface area contributed by atoms with Gasteiger partial charge in [0.15, 0.2) is 5.78 Å². The Labute approximate surface area is 114 Å². The minimum absolute atomic E-state index is 0.0178. The predicted octanol–water partition coefficient (Wildman–Crippen LogP) is 2.12. The van der Waals surface area contributed by atoms with Crippen LogP contribution in [-0.2, 0) is 9.53 Å².